The molecule has 5 heteroatoms. The van der Waals surface area contributed by atoms with Gasteiger partial charge in [-0.25, -0.2) is 4.99 Å². The third-order valence-electron chi connectivity index (χ3n) is 1.75. The van der Waals surface area contributed by atoms with Crippen LogP contribution in [0.1, 0.15) is 0 Å². The zero-order valence-electron chi connectivity index (χ0n) is 8.54. The third kappa shape index (κ3) is 2.64. The fourth-order valence-electron chi connectivity index (χ4n) is 1.02. The summed E-state index contributed by atoms with van der Waals surface area (Å²) in [7, 11) is 7.20. The minimum absolute atomic E-state index is 0.815. The van der Waals surface area contributed by atoms with Crippen LogP contribution in [0.25, 0.3) is 0 Å². The van der Waals surface area contributed by atoms with Crippen molar-refractivity contribution < 1.29 is 0 Å². The molecule has 0 spiro atoms. The Labute approximate surface area is 95.8 Å². The van der Waals surface area contributed by atoms with Crippen LogP contribution in [0.4, 0.5) is 10.8 Å². The third-order valence-corrected chi connectivity index (χ3v) is 3.91. The van der Waals surface area contributed by atoms with Crippen LogP contribution < -0.4 is 9.70 Å². The van der Waals surface area contributed by atoms with Gasteiger partial charge in [0.1, 0.15) is 0 Å². The second-order valence-corrected chi connectivity index (χ2v) is 5.25. The van der Waals surface area contributed by atoms with E-state index < -0.39 is 0 Å². The van der Waals surface area contributed by atoms with Crippen LogP contribution in [0, 0.1) is 0 Å². The number of nitrogens with zero attached hydrogens (tertiary/aromatic N) is 3. The summed E-state index contributed by atoms with van der Waals surface area (Å²) in [5, 5.41) is 0.995. The number of hydrogen-bond acceptors (Lipinski definition) is 5. The van der Waals surface area contributed by atoms with Crippen molar-refractivity contribution >= 4 is 31.5 Å². The molecular weight excluding hydrogens is 226 g/mol. The summed E-state index contributed by atoms with van der Waals surface area (Å²) in [5.41, 5.74) is 0.948. The molecule has 0 atom stereocenters. The molecule has 1 aromatic heterocycles. The summed E-state index contributed by atoms with van der Waals surface area (Å²) in [6, 6.07) is 9.88. The van der Waals surface area contributed by atoms with Crippen molar-refractivity contribution in [2.24, 2.45) is 4.99 Å². The van der Waals surface area contributed by atoms with Crippen LogP contribution in [0.2, 0.25) is 0 Å². The number of rotatable bonds is 2. The average Bonchev–Trinajstić information content (AvgIpc) is 2.68. The first-order chi connectivity index (χ1) is 7.25. The van der Waals surface area contributed by atoms with Gasteiger partial charge < -0.3 is 4.90 Å². The lowest BCUT2D eigenvalue weighted by molar-refractivity contribution is 1.08. The van der Waals surface area contributed by atoms with Gasteiger partial charge in [-0.1, -0.05) is 18.2 Å². The SMILES string of the molecule is CN(C)c1nc(=Nc2ccccc2)ss1. The van der Waals surface area contributed by atoms with Crippen LogP contribution in [-0.4, -0.2) is 19.1 Å². The summed E-state index contributed by atoms with van der Waals surface area (Å²) in [6.45, 7) is 0. The number of benzene rings is 1. The van der Waals surface area contributed by atoms with Crippen molar-refractivity contribution in [3.05, 3.63) is 35.1 Å². The normalized spacial score (nSPS) is 11.7. The quantitative estimate of drug-likeness (QED) is 0.751. The minimum atomic E-state index is 0.815. The Balaban J connectivity index is 2.34. The van der Waals surface area contributed by atoms with E-state index in [1.54, 1.807) is 20.7 Å². The molecule has 78 valence electrons. The molecule has 0 saturated carbocycles. The maximum absolute atomic E-state index is 4.44. The molecule has 0 bridgehead atoms. The number of aromatic nitrogens is 1. The summed E-state index contributed by atoms with van der Waals surface area (Å²) in [6.07, 6.45) is 0. The molecule has 0 aliphatic rings. The van der Waals surface area contributed by atoms with Crippen molar-refractivity contribution in [3.8, 4) is 0 Å². The topological polar surface area (TPSA) is 28.5 Å². The Morgan fingerprint density at radius 3 is 2.47 bits per heavy atom. The lowest BCUT2D eigenvalue weighted by Gasteiger charge is -2.03. The molecule has 3 nitrogen and oxygen atoms in total. The summed E-state index contributed by atoms with van der Waals surface area (Å²) >= 11 is 0. The van der Waals surface area contributed by atoms with Gasteiger partial charge in [0.25, 0.3) is 0 Å². The lowest BCUT2D eigenvalue weighted by Crippen LogP contribution is -2.10. The number of anilines is 1. The van der Waals surface area contributed by atoms with E-state index in [0.717, 1.165) is 15.6 Å². The minimum Gasteiger partial charge on any atom is -0.353 e. The second kappa shape index (κ2) is 4.55. The first-order valence-electron chi connectivity index (χ1n) is 4.50. The fraction of sp³-hybridized carbons (Fsp3) is 0.200. The summed E-state index contributed by atoms with van der Waals surface area (Å²) in [5.74, 6) is 0. The molecule has 0 aliphatic carbocycles. The van der Waals surface area contributed by atoms with Crippen molar-refractivity contribution in [1.82, 2.24) is 4.98 Å². The van der Waals surface area contributed by atoms with E-state index in [1.165, 1.54) is 0 Å². The molecule has 0 aliphatic heterocycles. The smallest absolute Gasteiger partial charge is 0.222 e. The highest BCUT2D eigenvalue weighted by Crippen LogP contribution is 2.16. The molecule has 0 fully saturated rings. The maximum Gasteiger partial charge on any atom is 0.222 e. The predicted octanol–water partition coefficient (Wildman–Crippen LogP) is 2.50. The molecule has 2 rings (SSSR count). The van der Waals surface area contributed by atoms with E-state index in [9.17, 15) is 0 Å². The van der Waals surface area contributed by atoms with Crippen molar-refractivity contribution in [2.45, 2.75) is 0 Å². The molecule has 0 unspecified atom stereocenters. The number of para-hydroxylation sites is 1. The van der Waals surface area contributed by atoms with E-state index in [2.05, 4.69) is 9.98 Å². The van der Waals surface area contributed by atoms with E-state index >= 15 is 0 Å². The standard InChI is InChI=1S/C10H11N3S2/c1-13(2)10-12-9(14-15-10)11-8-6-4-3-5-7-8/h3-7H,1-2H3. The molecule has 2 aromatic rings. The molecule has 1 aromatic carbocycles. The van der Waals surface area contributed by atoms with Gasteiger partial charge in [0.2, 0.25) is 4.80 Å². The predicted molar refractivity (Wildman–Crippen MR) is 66.0 cm³/mol. The maximum atomic E-state index is 4.44. The Morgan fingerprint density at radius 2 is 1.87 bits per heavy atom. The van der Waals surface area contributed by atoms with E-state index in [4.69, 9.17) is 0 Å². The van der Waals surface area contributed by atoms with Gasteiger partial charge >= 0.3 is 0 Å². The van der Waals surface area contributed by atoms with Crippen molar-refractivity contribution in [3.63, 3.8) is 0 Å². The van der Waals surface area contributed by atoms with Gasteiger partial charge in [-0.15, -0.1) is 0 Å². The zero-order valence-corrected chi connectivity index (χ0v) is 10.2. The highest BCUT2D eigenvalue weighted by Gasteiger charge is 1.99. The average molecular weight is 237 g/mol. The summed E-state index contributed by atoms with van der Waals surface area (Å²) in [4.78, 5) is 11.6. The Kier molecular flexibility index (Phi) is 3.13. The van der Waals surface area contributed by atoms with Crippen LogP contribution in [0.5, 0.6) is 0 Å². The number of hydrogen-bond donors (Lipinski definition) is 0. The van der Waals surface area contributed by atoms with Gasteiger partial charge in [0, 0.05) is 14.1 Å². The van der Waals surface area contributed by atoms with Gasteiger partial charge in [-0.2, -0.15) is 4.98 Å². The Morgan fingerprint density at radius 1 is 1.13 bits per heavy atom. The molecule has 0 radical (unpaired) electrons. The molecule has 0 N–H and O–H groups in total. The first kappa shape index (κ1) is 10.3. The highest BCUT2D eigenvalue weighted by atomic mass is 32.9. The highest BCUT2D eigenvalue weighted by molar-refractivity contribution is 7.69. The summed E-state index contributed by atoms with van der Waals surface area (Å²) < 4.78 is 0. The largest absolute Gasteiger partial charge is 0.353 e. The van der Waals surface area contributed by atoms with E-state index in [0.29, 0.717) is 0 Å². The van der Waals surface area contributed by atoms with Gasteiger partial charge in [-0.05, 0) is 32.8 Å². The van der Waals surface area contributed by atoms with Gasteiger partial charge in [-0.3, -0.25) is 0 Å². The molecule has 15 heavy (non-hydrogen) atoms. The fourth-order valence-corrected chi connectivity index (χ4v) is 3.00. The van der Waals surface area contributed by atoms with Crippen molar-refractivity contribution in [1.29, 1.82) is 0 Å². The van der Waals surface area contributed by atoms with E-state index in [-0.39, 0.29) is 0 Å². The first-order valence-corrected chi connectivity index (χ1v) is 6.65. The Hall–Kier alpha value is -1.20. The van der Waals surface area contributed by atoms with Crippen LogP contribution in [0.3, 0.4) is 0 Å². The van der Waals surface area contributed by atoms with Crippen LogP contribution in [0.15, 0.2) is 35.3 Å². The van der Waals surface area contributed by atoms with Gasteiger partial charge in [0.15, 0.2) is 5.13 Å². The molecular formula is C10H11N3S2. The molecule has 1 heterocycles. The monoisotopic (exact) mass is 237 g/mol. The zero-order chi connectivity index (χ0) is 10.7. The molecule has 0 amide bonds. The van der Waals surface area contributed by atoms with Crippen LogP contribution >= 0.6 is 20.7 Å². The van der Waals surface area contributed by atoms with Crippen LogP contribution in [-0.2, 0) is 0 Å². The Bertz CT molecular complexity index is 485. The lowest BCUT2D eigenvalue weighted by atomic mass is 10.3. The molecule has 0 saturated heterocycles. The van der Waals surface area contributed by atoms with E-state index in [1.807, 2.05) is 49.3 Å². The second-order valence-electron chi connectivity index (χ2n) is 3.19. The van der Waals surface area contributed by atoms with Gasteiger partial charge in [0.05, 0.1) is 5.69 Å². The van der Waals surface area contributed by atoms with Crippen molar-refractivity contribution in [2.75, 3.05) is 19.0 Å².